The van der Waals surface area contributed by atoms with Gasteiger partial charge in [0.1, 0.15) is 0 Å². The van der Waals surface area contributed by atoms with Crippen LogP contribution in [0.2, 0.25) is 0 Å². The lowest BCUT2D eigenvalue weighted by Crippen LogP contribution is -2.40. The first-order chi connectivity index (χ1) is 10.5. The summed E-state index contributed by atoms with van der Waals surface area (Å²) < 4.78 is 15.2. The van der Waals surface area contributed by atoms with Crippen LogP contribution in [0.5, 0.6) is 0 Å². The van der Waals surface area contributed by atoms with E-state index in [9.17, 15) is 14.7 Å². The van der Waals surface area contributed by atoms with E-state index >= 15 is 0 Å². The van der Waals surface area contributed by atoms with Gasteiger partial charge in [-0.3, -0.25) is 0 Å². The topological polar surface area (TPSA) is 123 Å². The number of aliphatic carboxylic acids is 1. The molecule has 0 radical (unpaired) electrons. The zero-order valence-corrected chi connectivity index (χ0v) is 12.9. The number of ether oxygens (including phenoxy) is 3. The minimum absolute atomic E-state index is 0.0376. The van der Waals surface area contributed by atoms with Crippen molar-refractivity contribution in [3.63, 3.8) is 0 Å². The Hall–Kier alpha value is -1.22. The maximum absolute atomic E-state index is 11.2. The van der Waals surface area contributed by atoms with E-state index in [1.807, 2.05) is 6.92 Å². The number of esters is 1. The van der Waals surface area contributed by atoms with Crippen LogP contribution in [-0.2, 0) is 23.8 Å². The van der Waals surface area contributed by atoms with E-state index < -0.39 is 24.1 Å². The summed E-state index contributed by atoms with van der Waals surface area (Å²) in [6.07, 6.45) is -1.16. The fraction of sp³-hybridized carbons (Fsp3) is 0.857. The highest BCUT2D eigenvalue weighted by Crippen LogP contribution is 2.00. The third kappa shape index (κ3) is 10.5. The minimum atomic E-state index is -2.17. The molecule has 0 aliphatic rings. The molecule has 22 heavy (non-hydrogen) atoms. The summed E-state index contributed by atoms with van der Waals surface area (Å²) in [7, 11) is 0. The third-order valence-corrected chi connectivity index (χ3v) is 2.75. The Kier molecular flexibility index (Phi) is 12.7. The lowest BCUT2D eigenvalue weighted by Gasteiger charge is -2.13. The van der Waals surface area contributed by atoms with Gasteiger partial charge in [-0.05, 0) is 32.6 Å². The molecule has 0 heterocycles. The van der Waals surface area contributed by atoms with Gasteiger partial charge in [0.05, 0.1) is 6.61 Å². The summed E-state index contributed by atoms with van der Waals surface area (Å²) in [5.74, 6) is -2.83. The summed E-state index contributed by atoms with van der Waals surface area (Å²) >= 11 is 0. The van der Waals surface area contributed by atoms with Crippen LogP contribution in [0.1, 0.15) is 32.6 Å². The predicted octanol–water partition coefficient (Wildman–Crippen LogP) is -0.0505. The molecule has 0 aromatic rings. The number of carboxylic acid groups (broad SMARTS) is 1. The molecule has 8 nitrogen and oxygen atoms in total. The van der Waals surface area contributed by atoms with E-state index in [2.05, 4.69) is 4.74 Å². The highest BCUT2D eigenvalue weighted by atomic mass is 16.6. The second-order valence-corrected chi connectivity index (χ2v) is 4.62. The summed E-state index contributed by atoms with van der Waals surface area (Å²) in [6, 6.07) is 0. The molecule has 8 heteroatoms. The van der Waals surface area contributed by atoms with Crippen molar-refractivity contribution in [1.29, 1.82) is 0 Å². The van der Waals surface area contributed by atoms with E-state index in [0.29, 0.717) is 26.1 Å². The summed E-state index contributed by atoms with van der Waals surface area (Å²) in [6.45, 7) is 4.63. The molecule has 0 saturated carbocycles. The lowest BCUT2D eigenvalue weighted by atomic mass is 10.2. The number of hydrogen-bond donors (Lipinski definition) is 3. The monoisotopic (exact) mass is 322 g/mol. The maximum atomic E-state index is 11.2. The van der Waals surface area contributed by atoms with Crippen molar-refractivity contribution in [3.05, 3.63) is 0 Å². The standard InChI is InChI=1S/C14H26O8/c1-2-20-7-3-4-8-21-9-5-6-10-22-14(19)12(16)11(15)13(17)18/h11-12,15-16H,2-10H2,1H3,(H,17,18). The molecule has 0 rings (SSSR count). The number of rotatable bonds is 14. The molecule has 0 aromatic heterocycles. The minimum Gasteiger partial charge on any atom is -0.479 e. The van der Waals surface area contributed by atoms with Crippen molar-refractivity contribution >= 4 is 11.9 Å². The summed E-state index contributed by atoms with van der Waals surface area (Å²) in [5, 5.41) is 26.6. The predicted molar refractivity (Wildman–Crippen MR) is 76.4 cm³/mol. The lowest BCUT2D eigenvalue weighted by molar-refractivity contribution is -0.169. The molecule has 0 saturated heterocycles. The van der Waals surface area contributed by atoms with E-state index in [1.54, 1.807) is 0 Å². The summed E-state index contributed by atoms with van der Waals surface area (Å²) in [4.78, 5) is 21.6. The van der Waals surface area contributed by atoms with Crippen molar-refractivity contribution in [3.8, 4) is 0 Å². The van der Waals surface area contributed by atoms with Gasteiger partial charge in [-0.15, -0.1) is 0 Å². The quantitative estimate of drug-likeness (QED) is 0.300. The average molecular weight is 322 g/mol. The molecule has 0 fully saturated rings. The molecule has 130 valence electrons. The van der Waals surface area contributed by atoms with E-state index in [1.165, 1.54) is 0 Å². The SMILES string of the molecule is CCOCCCCOCCCCOC(=O)C(O)C(O)C(=O)O. The maximum Gasteiger partial charge on any atom is 0.338 e. The average Bonchev–Trinajstić information content (AvgIpc) is 2.50. The largest absolute Gasteiger partial charge is 0.479 e. The highest BCUT2D eigenvalue weighted by molar-refractivity contribution is 5.84. The molecule has 3 N–H and O–H groups in total. The number of hydrogen-bond acceptors (Lipinski definition) is 7. The van der Waals surface area contributed by atoms with E-state index in [4.69, 9.17) is 19.7 Å². The second kappa shape index (κ2) is 13.4. The normalized spacial score (nSPS) is 13.6. The molecule has 2 unspecified atom stereocenters. The Morgan fingerprint density at radius 3 is 1.86 bits per heavy atom. The van der Waals surface area contributed by atoms with Crippen LogP contribution in [0, 0.1) is 0 Å². The molecule has 0 bridgehead atoms. The first kappa shape index (κ1) is 20.8. The van der Waals surface area contributed by atoms with Crippen molar-refractivity contribution in [2.24, 2.45) is 0 Å². The number of carbonyl (C=O) groups is 2. The zero-order valence-electron chi connectivity index (χ0n) is 12.9. The van der Waals surface area contributed by atoms with Crippen LogP contribution in [-0.4, -0.2) is 72.5 Å². The molecular weight excluding hydrogens is 296 g/mol. The first-order valence-corrected chi connectivity index (χ1v) is 7.41. The van der Waals surface area contributed by atoms with Gasteiger partial charge < -0.3 is 29.5 Å². The van der Waals surface area contributed by atoms with Gasteiger partial charge >= 0.3 is 11.9 Å². The third-order valence-electron chi connectivity index (χ3n) is 2.75. The molecule has 0 aliphatic heterocycles. The molecule has 0 spiro atoms. The Morgan fingerprint density at radius 1 is 0.864 bits per heavy atom. The number of aliphatic hydroxyl groups excluding tert-OH is 2. The Labute approximate surface area is 130 Å². The Bertz CT molecular complexity index is 307. The van der Waals surface area contributed by atoms with Crippen molar-refractivity contribution in [2.45, 2.75) is 44.8 Å². The zero-order chi connectivity index (χ0) is 16.8. The second-order valence-electron chi connectivity index (χ2n) is 4.62. The molecule has 0 amide bonds. The number of aliphatic hydroxyl groups is 2. The van der Waals surface area contributed by atoms with E-state index in [0.717, 1.165) is 26.1 Å². The van der Waals surface area contributed by atoms with Gasteiger partial charge in [0, 0.05) is 26.4 Å². The smallest absolute Gasteiger partial charge is 0.338 e. The van der Waals surface area contributed by atoms with Gasteiger partial charge in [-0.2, -0.15) is 0 Å². The summed E-state index contributed by atoms with van der Waals surface area (Å²) in [5.41, 5.74) is 0. The van der Waals surface area contributed by atoms with Crippen molar-refractivity contribution < 1.29 is 39.1 Å². The number of carboxylic acids is 1. The van der Waals surface area contributed by atoms with Gasteiger partial charge in [0.25, 0.3) is 0 Å². The highest BCUT2D eigenvalue weighted by Gasteiger charge is 2.31. The molecular formula is C14H26O8. The van der Waals surface area contributed by atoms with Gasteiger partial charge in [-0.1, -0.05) is 0 Å². The van der Waals surface area contributed by atoms with Gasteiger partial charge in [0.15, 0.2) is 12.2 Å². The van der Waals surface area contributed by atoms with Gasteiger partial charge in [-0.25, -0.2) is 9.59 Å². The van der Waals surface area contributed by atoms with Crippen LogP contribution < -0.4 is 0 Å². The number of unbranched alkanes of at least 4 members (excludes halogenated alkanes) is 2. The van der Waals surface area contributed by atoms with Crippen LogP contribution in [0.4, 0.5) is 0 Å². The van der Waals surface area contributed by atoms with Crippen LogP contribution in [0.25, 0.3) is 0 Å². The van der Waals surface area contributed by atoms with Crippen LogP contribution in [0.3, 0.4) is 0 Å². The fourth-order valence-corrected chi connectivity index (χ4v) is 1.48. The fourth-order valence-electron chi connectivity index (χ4n) is 1.48. The Morgan fingerprint density at radius 2 is 1.36 bits per heavy atom. The van der Waals surface area contributed by atoms with Crippen LogP contribution in [0.15, 0.2) is 0 Å². The van der Waals surface area contributed by atoms with Crippen molar-refractivity contribution in [1.82, 2.24) is 0 Å². The number of carbonyl (C=O) groups excluding carboxylic acids is 1. The van der Waals surface area contributed by atoms with Crippen molar-refractivity contribution in [2.75, 3.05) is 33.0 Å². The van der Waals surface area contributed by atoms with Crippen LogP contribution >= 0.6 is 0 Å². The first-order valence-electron chi connectivity index (χ1n) is 7.41. The van der Waals surface area contributed by atoms with E-state index in [-0.39, 0.29) is 6.61 Å². The van der Waals surface area contributed by atoms with Gasteiger partial charge in [0.2, 0.25) is 0 Å². The Balaban J connectivity index is 3.42. The molecule has 0 aliphatic carbocycles. The molecule has 2 atom stereocenters. The molecule has 0 aromatic carbocycles.